The van der Waals surface area contributed by atoms with Gasteiger partial charge in [-0.25, -0.2) is 0 Å². The van der Waals surface area contributed by atoms with Crippen LogP contribution in [0.15, 0.2) is 24.3 Å². The van der Waals surface area contributed by atoms with Gasteiger partial charge < -0.3 is 10.1 Å². The maximum Gasteiger partial charge on any atom is 0.0471 e. The zero-order valence-electron chi connectivity index (χ0n) is 11.7. The molecule has 19 heavy (non-hydrogen) atoms. The van der Waals surface area contributed by atoms with E-state index >= 15 is 0 Å². The third-order valence-electron chi connectivity index (χ3n) is 4.60. The van der Waals surface area contributed by atoms with E-state index in [1.807, 2.05) is 0 Å². The van der Waals surface area contributed by atoms with Crippen molar-refractivity contribution in [2.75, 3.05) is 26.3 Å². The number of hydrogen-bond acceptors (Lipinski definition) is 2. The van der Waals surface area contributed by atoms with Gasteiger partial charge in [-0.05, 0) is 68.2 Å². The molecule has 0 aliphatic carbocycles. The molecule has 0 spiro atoms. The predicted octanol–water partition coefficient (Wildman–Crippen LogP) is 3.12. The van der Waals surface area contributed by atoms with Gasteiger partial charge in [-0.2, -0.15) is 0 Å². The molecule has 2 saturated heterocycles. The van der Waals surface area contributed by atoms with Crippen LogP contribution in [0, 0.1) is 5.92 Å². The Morgan fingerprint density at radius 1 is 1.05 bits per heavy atom. The minimum Gasteiger partial charge on any atom is -0.381 e. The fourth-order valence-electron chi connectivity index (χ4n) is 3.39. The molecule has 1 unspecified atom stereocenters. The highest BCUT2D eigenvalue weighted by atomic mass is 16.5. The summed E-state index contributed by atoms with van der Waals surface area (Å²) in [6.45, 7) is 4.27. The van der Waals surface area contributed by atoms with E-state index in [1.165, 1.54) is 56.3 Å². The molecule has 104 valence electrons. The van der Waals surface area contributed by atoms with Crippen molar-refractivity contribution in [1.82, 2.24) is 5.32 Å². The fourth-order valence-corrected chi connectivity index (χ4v) is 3.39. The lowest BCUT2D eigenvalue weighted by molar-refractivity contribution is 0.0853. The van der Waals surface area contributed by atoms with Gasteiger partial charge >= 0.3 is 0 Å². The molecule has 1 atom stereocenters. The monoisotopic (exact) mass is 259 g/mol. The van der Waals surface area contributed by atoms with Crippen LogP contribution >= 0.6 is 0 Å². The summed E-state index contributed by atoms with van der Waals surface area (Å²) in [5.74, 6) is 1.56. The van der Waals surface area contributed by atoms with Crippen LogP contribution in [0.4, 0.5) is 0 Å². The molecule has 2 aliphatic rings. The van der Waals surface area contributed by atoms with Crippen LogP contribution < -0.4 is 5.32 Å². The number of rotatable bonds is 3. The SMILES string of the molecule is c1cc(C2CCOCC2)ccc1CC1CCCNC1. The zero-order valence-corrected chi connectivity index (χ0v) is 11.7. The molecule has 0 amide bonds. The Kier molecular flexibility index (Phi) is 4.52. The van der Waals surface area contributed by atoms with Crippen LogP contribution in [0.2, 0.25) is 0 Å². The van der Waals surface area contributed by atoms with E-state index in [4.69, 9.17) is 4.74 Å². The van der Waals surface area contributed by atoms with Crippen molar-refractivity contribution in [3.63, 3.8) is 0 Å². The predicted molar refractivity (Wildman–Crippen MR) is 78.5 cm³/mol. The Morgan fingerprint density at radius 2 is 1.84 bits per heavy atom. The van der Waals surface area contributed by atoms with Crippen LogP contribution in [0.3, 0.4) is 0 Å². The Balaban J connectivity index is 1.58. The Labute approximate surface area is 116 Å². The van der Waals surface area contributed by atoms with Gasteiger partial charge in [0, 0.05) is 13.2 Å². The number of nitrogens with one attached hydrogen (secondary N) is 1. The summed E-state index contributed by atoms with van der Waals surface area (Å²) in [6.07, 6.45) is 6.33. The van der Waals surface area contributed by atoms with Crippen molar-refractivity contribution in [3.8, 4) is 0 Å². The van der Waals surface area contributed by atoms with Gasteiger partial charge in [0.25, 0.3) is 0 Å². The number of piperidine rings is 1. The summed E-state index contributed by atoms with van der Waals surface area (Å²) in [7, 11) is 0. The number of ether oxygens (including phenoxy) is 1. The average Bonchev–Trinajstić information content (AvgIpc) is 2.50. The lowest BCUT2D eigenvalue weighted by Gasteiger charge is -2.24. The molecule has 2 fully saturated rings. The molecule has 2 nitrogen and oxygen atoms in total. The molecule has 0 bridgehead atoms. The van der Waals surface area contributed by atoms with Crippen LogP contribution in [-0.2, 0) is 11.2 Å². The minimum atomic E-state index is 0.721. The van der Waals surface area contributed by atoms with E-state index in [0.29, 0.717) is 0 Å². The quantitative estimate of drug-likeness (QED) is 0.900. The first-order valence-corrected chi connectivity index (χ1v) is 7.79. The Bertz CT molecular complexity index is 375. The molecule has 0 aromatic heterocycles. The average molecular weight is 259 g/mol. The highest BCUT2D eigenvalue weighted by Gasteiger charge is 2.16. The molecule has 3 rings (SSSR count). The van der Waals surface area contributed by atoms with Gasteiger partial charge in [0.05, 0.1) is 0 Å². The van der Waals surface area contributed by atoms with Crippen molar-refractivity contribution in [3.05, 3.63) is 35.4 Å². The second kappa shape index (κ2) is 6.53. The van der Waals surface area contributed by atoms with Gasteiger partial charge in [0.15, 0.2) is 0 Å². The summed E-state index contributed by atoms with van der Waals surface area (Å²) in [6, 6.07) is 9.39. The molecule has 1 aromatic carbocycles. The van der Waals surface area contributed by atoms with Crippen molar-refractivity contribution in [2.24, 2.45) is 5.92 Å². The lowest BCUT2D eigenvalue weighted by atomic mass is 9.88. The summed E-state index contributed by atoms with van der Waals surface area (Å²) < 4.78 is 5.44. The third-order valence-corrected chi connectivity index (χ3v) is 4.60. The Morgan fingerprint density at radius 3 is 2.53 bits per heavy atom. The summed E-state index contributed by atoms with van der Waals surface area (Å²) in [5.41, 5.74) is 3.01. The topological polar surface area (TPSA) is 21.3 Å². The maximum absolute atomic E-state index is 5.44. The zero-order chi connectivity index (χ0) is 12.9. The number of hydrogen-bond donors (Lipinski definition) is 1. The van der Waals surface area contributed by atoms with Crippen molar-refractivity contribution >= 4 is 0 Å². The largest absolute Gasteiger partial charge is 0.381 e. The van der Waals surface area contributed by atoms with E-state index in [9.17, 15) is 0 Å². The molecule has 1 aromatic rings. The molecule has 2 heterocycles. The smallest absolute Gasteiger partial charge is 0.0471 e. The highest BCUT2D eigenvalue weighted by Crippen LogP contribution is 2.27. The summed E-state index contributed by atoms with van der Waals surface area (Å²) >= 11 is 0. The molecule has 1 N–H and O–H groups in total. The first-order valence-electron chi connectivity index (χ1n) is 7.79. The highest BCUT2D eigenvalue weighted by molar-refractivity contribution is 5.26. The van der Waals surface area contributed by atoms with Crippen LogP contribution in [0.25, 0.3) is 0 Å². The van der Waals surface area contributed by atoms with Crippen LogP contribution in [-0.4, -0.2) is 26.3 Å². The van der Waals surface area contributed by atoms with Crippen LogP contribution in [0.5, 0.6) is 0 Å². The molecular weight excluding hydrogens is 234 g/mol. The molecule has 0 radical (unpaired) electrons. The van der Waals surface area contributed by atoms with Crippen LogP contribution in [0.1, 0.15) is 42.7 Å². The lowest BCUT2D eigenvalue weighted by Crippen LogP contribution is -2.30. The van der Waals surface area contributed by atoms with E-state index in [-0.39, 0.29) is 0 Å². The van der Waals surface area contributed by atoms with Crippen molar-refractivity contribution in [2.45, 2.75) is 38.0 Å². The van der Waals surface area contributed by atoms with E-state index in [2.05, 4.69) is 29.6 Å². The molecule has 0 saturated carbocycles. The maximum atomic E-state index is 5.44. The first kappa shape index (κ1) is 13.1. The van der Waals surface area contributed by atoms with Gasteiger partial charge in [-0.15, -0.1) is 0 Å². The third kappa shape index (κ3) is 3.58. The fraction of sp³-hybridized carbons (Fsp3) is 0.647. The molecular formula is C17H25NO. The molecule has 2 heteroatoms. The van der Waals surface area contributed by atoms with Gasteiger partial charge in [-0.1, -0.05) is 24.3 Å². The van der Waals surface area contributed by atoms with E-state index in [0.717, 1.165) is 25.0 Å². The van der Waals surface area contributed by atoms with E-state index < -0.39 is 0 Å². The summed E-state index contributed by atoms with van der Waals surface area (Å²) in [5, 5.41) is 3.50. The first-order chi connectivity index (χ1) is 9.42. The normalized spacial score (nSPS) is 25.4. The van der Waals surface area contributed by atoms with Crippen molar-refractivity contribution < 1.29 is 4.74 Å². The van der Waals surface area contributed by atoms with Crippen molar-refractivity contribution in [1.29, 1.82) is 0 Å². The van der Waals surface area contributed by atoms with Gasteiger partial charge in [0.1, 0.15) is 0 Å². The van der Waals surface area contributed by atoms with Gasteiger partial charge in [-0.3, -0.25) is 0 Å². The standard InChI is InChI=1S/C17H25NO/c1-2-15(13-18-9-1)12-14-3-5-16(6-4-14)17-7-10-19-11-8-17/h3-6,15,17-18H,1-2,7-13H2. The number of benzene rings is 1. The second-order valence-electron chi connectivity index (χ2n) is 6.04. The van der Waals surface area contributed by atoms with Gasteiger partial charge in [0.2, 0.25) is 0 Å². The molecule has 2 aliphatic heterocycles. The Hall–Kier alpha value is -0.860. The minimum absolute atomic E-state index is 0.721. The second-order valence-corrected chi connectivity index (χ2v) is 6.04. The summed E-state index contributed by atoms with van der Waals surface area (Å²) in [4.78, 5) is 0. The van der Waals surface area contributed by atoms with E-state index in [1.54, 1.807) is 0 Å².